The minimum Gasteiger partial charge on any atom is -0.492 e. The Morgan fingerprint density at radius 3 is 2.02 bits per heavy atom. The standard InChI is InChI=1S/C36H38N2O5/c1-36(2,3)24-33(39)28-13-7-9-15-30(28)37-21-22-43-27-19-17-25(18-20-27)23-32(35(41)42)38-31-16-10-8-14-29(31)34(40)26-11-5-4-6-12-26/h4-20,32,37-38H,21-24H2,1-3H3,(H,41,42). The molecule has 0 aliphatic carbocycles. The molecule has 1 unspecified atom stereocenters. The van der Waals surface area contributed by atoms with Crippen molar-refractivity contribution >= 4 is 28.9 Å². The van der Waals surface area contributed by atoms with Crippen LogP contribution >= 0.6 is 0 Å². The summed E-state index contributed by atoms with van der Waals surface area (Å²) in [5, 5.41) is 16.3. The number of carboxylic acid groups (broad SMARTS) is 1. The van der Waals surface area contributed by atoms with Crippen LogP contribution in [0.5, 0.6) is 5.75 Å². The van der Waals surface area contributed by atoms with Gasteiger partial charge in [-0.2, -0.15) is 0 Å². The van der Waals surface area contributed by atoms with Crippen molar-refractivity contribution in [2.45, 2.75) is 39.7 Å². The Labute approximate surface area is 252 Å². The van der Waals surface area contributed by atoms with Crippen molar-refractivity contribution < 1.29 is 24.2 Å². The van der Waals surface area contributed by atoms with Gasteiger partial charge >= 0.3 is 5.97 Å². The molecule has 0 radical (unpaired) electrons. The van der Waals surface area contributed by atoms with E-state index in [4.69, 9.17) is 4.74 Å². The molecular formula is C36H38N2O5. The molecule has 3 N–H and O–H groups in total. The molecule has 0 heterocycles. The number of carbonyl (C=O) groups excluding carboxylic acids is 2. The molecule has 43 heavy (non-hydrogen) atoms. The molecule has 4 aromatic carbocycles. The van der Waals surface area contributed by atoms with Crippen LogP contribution in [0.3, 0.4) is 0 Å². The van der Waals surface area contributed by atoms with Gasteiger partial charge in [0.1, 0.15) is 18.4 Å². The molecule has 0 spiro atoms. The number of ether oxygens (including phenoxy) is 1. The second kappa shape index (κ2) is 14.3. The quantitative estimate of drug-likeness (QED) is 0.108. The SMILES string of the molecule is CC(C)(C)CC(=O)c1ccccc1NCCOc1ccc(CC(Nc2ccccc2C(=O)c2ccccc2)C(=O)O)cc1. The Morgan fingerprint density at radius 1 is 0.767 bits per heavy atom. The lowest BCUT2D eigenvalue weighted by Crippen LogP contribution is -2.32. The number of nitrogens with one attached hydrogen (secondary N) is 2. The van der Waals surface area contributed by atoms with Gasteiger partial charge in [-0.1, -0.05) is 87.5 Å². The average Bonchev–Trinajstić information content (AvgIpc) is 2.99. The van der Waals surface area contributed by atoms with E-state index in [-0.39, 0.29) is 23.4 Å². The molecule has 0 aromatic heterocycles. The van der Waals surface area contributed by atoms with E-state index in [1.807, 2.05) is 75.4 Å². The van der Waals surface area contributed by atoms with E-state index in [2.05, 4.69) is 10.6 Å². The zero-order valence-electron chi connectivity index (χ0n) is 24.8. The second-order valence-electron chi connectivity index (χ2n) is 11.6. The molecule has 0 saturated heterocycles. The number of anilines is 2. The van der Waals surface area contributed by atoms with Gasteiger partial charge in [-0.05, 0) is 47.4 Å². The van der Waals surface area contributed by atoms with E-state index in [9.17, 15) is 19.5 Å². The average molecular weight is 579 g/mol. The molecule has 0 aliphatic heterocycles. The Morgan fingerprint density at radius 2 is 1.37 bits per heavy atom. The Bertz CT molecular complexity index is 1540. The largest absolute Gasteiger partial charge is 0.492 e. The van der Waals surface area contributed by atoms with Crippen LogP contribution in [0.1, 0.15) is 59.0 Å². The van der Waals surface area contributed by atoms with Gasteiger partial charge in [0, 0.05) is 47.5 Å². The third-order valence-electron chi connectivity index (χ3n) is 6.80. The zero-order valence-corrected chi connectivity index (χ0v) is 24.8. The molecule has 0 saturated carbocycles. The van der Waals surface area contributed by atoms with Crippen LogP contribution in [-0.2, 0) is 11.2 Å². The molecule has 0 bridgehead atoms. The number of carbonyl (C=O) groups is 3. The molecular weight excluding hydrogens is 540 g/mol. The maximum absolute atomic E-state index is 13.1. The van der Waals surface area contributed by atoms with Gasteiger partial charge in [0.2, 0.25) is 0 Å². The summed E-state index contributed by atoms with van der Waals surface area (Å²) in [5.74, 6) is -0.438. The number of hydrogen-bond acceptors (Lipinski definition) is 6. The first kappa shape index (κ1) is 31.0. The number of hydrogen-bond donors (Lipinski definition) is 3. The second-order valence-corrected chi connectivity index (χ2v) is 11.6. The maximum Gasteiger partial charge on any atom is 0.326 e. The smallest absolute Gasteiger partial charge is 0.326 e. The van der Waals surface area contributed by atoms with Crippen molar-refractivity contribution in [2.24, 2.45) is 5.41 Å². The molecule has 0 amide bonds. The molecule has 222 valence electrons. The van der Waals surface area contributed by atoms with Crippen LogP contribution in [0.25, 0.3) is 0 Å². The van der Waals surface area contributed by atoms with Crippen molar-refractivity contribution in [1.82, 2.24) is 0 Å². The third-order valence-corrected chi connectivity index (χ3v) is 6.80. The van der Waals surface area contributed by atoms with E-state index in [1.165, 1.54) is 0 Å². The summed E-state index contributed by atoms with van der Waals surface area (Å²) in [6, 6.07) is 29.7. The third kappa shape index (κ3) is 9.04. The number of rotatable bonds is 14. The fourth-order valence-corrected chi connectivity index (χ4v) is 4.71. The summed E-state index contributed by atoms with van der Waals surface area (Å²) < 4.78 is 5.88. The predicted octanol–water partition coefficient (Wildman–Crippen LogP) is 7.14. The van der Waals surface area contributed by atoms with Crippen molar-refractivity contribution in [1.29, 1.82) is 0 Å². The highest BCUT2D eigenvalue weighted by molar-refractivity contribution is 6.12. The predicted molar refractivity (Wildman–Crippen MR) is 170 cm³/mol. The van der Waals surface area contributed by atoms with Gasteiger partial charge in [-0.25, -0.2) is 4.79 Å². The number of para-hydroxylation sites is 2. The summed E-state index contributed by atoms with van der Waals surface area (Å²) in [5.41, 5.74) is 3.60. The summed E-state index contributed by atoms with van der Waals surface area (Å²) in [6.45, 7) is 7.03. The highest BCUT2D eigenvalue weighted by Crippen LogP contribution is 2.25. The highest BCUT2D eigenvalue weighted by Gasteiger charge is 2.22. The maximum atomic E-state index is 13.1. The van der Waals surface area contributed by atoms with Gasteiger partial charge in [0.05, 0.1) is 0 Å². The van der Waals surface area contributed by atoms with Crippen LogP contribution in [0.15, 0.2) is 103 Å². The summed E-state index contributed by atoms with van der Waals surface area (Å²) in [7, 11) is 0. The lowest BCUT2D eigenvalue weighted by molar-refractivity contribution is -0.137. The molecule has 0 aliphatic rings. The summed E-state index contributed by atoms with van der Waals surface area (Å²) >= 11 is 0. The lowest BCUT2D eigenvalue weighted by Gasteiger charge is -2.19. The topological polar surface area (TPSA) is 105 Å². The van der Waals surface area contributed by atoms with Crippen molar-refractivity contribution in [3.8, 4) is 5.75 Å². The molecule has 4 aromatic rings. The summed E-state index contributed by atoms with van der Waals surface area (Å²) in [6.07, 6.45) is 0.676. The van der Waals surface area contributed by atoms with Crippen LogP contribution in [0, 0.1) is 5.41 Å². The Hall–Kier alpha value is -4.91. The van der Waals surface area contributed by atoms with Gasteiger partial charge in [0.15, 0.2) is 11.6 Å². The number of ketones is 2. The number of carboxylic acids is 1. The van der Waals surface area contributed by atoms with Crippen LogP contribution in [0.2, 0.25) is 0 Å². The summed E-state index contributed by atoms with van der Waals surface area (Å²) in [4.78, 5) is 38.0. The number of benzene rings is 4. The lowest BCUT2D eigenvalue weighted by atomic mass is 9.87. The van der Waals surface area contributed by atoms with E-state index < -0.39 is 12.0 Å². The van der Waals surface area contributed by atoms with Crippen molar-refractivity contribution in [3.63, 3.8) is 0 Å². The van der Waals surface area contributed by atoms with Crippen molar-refractivity contribution in [2.75, 3.05) is 23.8 Å². The van der Waals surface area contributed by atoms with Crippen LogP contribution < -0.4 is 15.4 Å². The van der Waals surface area contributed by atoms with Gasteiger partial charge in [-0.3, -0.25) is 9.59 Å². The van der Waals surface area contributed by atoms with E-state index in [1.54, 1.807) is 48.5 Å². The first-order valence-electron chi connectivity index (χ1n) is 14.4. The van der Waals surface area contributed by atoms with E-state index in [0.717, 1.165) is 11.3 Å². The Balaban J connectivity index is 1.33. The van der Waals surface area contributed by atoms with Gasteiger partial charge in [0.25, 0.3) is 0 Å². The van der Waals surface area contributed by atoms with Crippen LogP contribution in [0.4, 0.5) is 11.4 Å². The molecule has 4 rings (SSSR count). The number of aliphatic carboxylic acids is 1. The van der Waals surface area contributed by atoms with E-state index >= 15 is 0 Å². The zero-order chi connectivity index (χ0) is 30.8. The fourth-order valence-electron chi connectivity index (χ4n) is 4.71. The highest BCUT2D eigenvalue weighted by atomic mass is 16.5. The number of Topliss-reactive ketones (excluding diaryl/α,β-unsaturated/α-hetero) is 1. The Kier molecular flexibility index (Phi) is 10.3. The molecule has 7 nitrogen and oxygen atoms in total. The normalized spacial score (nSPS) is 11.8. The molecule has 7 heteroatoms. The minimum absolute atomic E-state index is 0.0914. The monoisotopic (exact) mass is 578 g/mol. The minimum atomic E-state index is -1.02. The van der Waals surface area contributed by atoms with Crippen molar-refractivity contribution in [3.05, 3.63) is 125 Å². The molecule has 1 atom stereocenters. The first-order valence-corrected chi connectivity index (χ1v) is 14.4. The van der Waals surface area contributed by atoms with Gasteiger partial charge < -0.3 is 20.5 Å². The fraction of sp³-hybridized carbons (Fsp3) is 0.250. The van der Waals surface area contributed by atoms with E-state index in [0.29, 0.717) is 47.7 Å². The molecule has 0 fully saturated rings. The van der Waals surface area contributed by atoms with Gasteiger partial charge in [-0.15, -0.1) is 0 Å². The van der Waals surface area contributed by atoms with Crippen LogP contribution in [-0.4, -0.2) is 41.8 Å². The first-order chi connectivity index (χ1) is 20.6.